The molecule has 0 unspecified atom stereocenters. The molecule has 126 valence electrons. The topological polar surface area (TPSA) is 53.2 Å². The highest BCUT2D eigenvalue weighted by molar-refractivity contribution is 6.30. The van der Waals surface area contributed by atoms with E-state index in [1.54, 1.807) is 24.3 Å². The van der Waals surface area contributed by atoms with Gasteiger partial charge in [0.2, 0.25) is 0 Å². The maximum Gasteiger partial charge on any atom is 0.251 e. The number of hydrogen-bond acceptors (Lipinski definition) is 3. The van der Waals surface area contributed by atoms with Crippen LogP contribution in [0, 0.1) is 0 Å². The molecule has 0 bridgehead atoms. The second-order valence-corrected chi connectivity index (χ2v) is 7.12. The third kappa shape index (κ3) is 4.69. The fourth-order valence-electron chi connectivity index (χ4n) is 3.63. The van der Waals surface area contributed by atoms with Gasteiger partial charge in [0.15, 0.2) is 0 Å². The van der Waals surface area contributed by atoms with Crippen molar-refractivity contribution in [1.82, 2.24) is 16.0 Å². The van der Waals surface area contributed by atoms with Crippen LogP contribution in [0.1, 0.15) is 48.9 Å². The predicted molar refractivity (Wildman–Crippen MR) is 94.0 cm³/mol. The highest BCUT2D eigenvalue weighted by atomic mass is 35.5. The van der Waals surface area contributed by atoms with E-state index in [9.17, 15) is 4.79 Å². The first-order valence-electron chi connectivity index (χ1n) is 8.75. The van der Waals surface area contributed by atoms with Crippen molar-refractivity contribution in [2.45, 2.75) is 56.7 Å². The van der Waals surface area contributed by atoms with Crippen LogP contribution in [-0.2, 0) is 0 Å². The summed E-state index contributed by atoms with van der Waals surface area (Å²) >= 11 is 5.89. The van der Waals surface area contributed by atoms with Gasteiger partial charge in [0.1, 0.15) is 0 Å². The number of amides is 1. The average Bonchev–Trinajstić information content (AvgIpc) is 3.08. The maximum absolute atomic E-state index is 12.4. The van der Waals surface area contributed by atoms with Crippen molar-refractivity contribution < 1.29 is 4.79 Å². The average molecular weight is 336 g/mol. The molecule has 1 aliphatic carbocycles. The minimum atomic E-state index is -0.000594. The monoisotopic (exact) mass is 335 g/mol. The Morgan fingerprint density at radius 3 is 2.52 bits per heavy atom. The van der Waals surface area contributed by atoms with Crippen LogP contribution in [0.25, 0.3) is 0 Å². The van der Waals surface area contributed by atoms with E-state index in [1.807, 2.05) is 0 Å². The number of nitrogens with one attached hydrogen (secondary N) is 3. The van der Waals surface area contributed by atoms with Crippen molar-refractivity contribution in [2.24, 2.45) is 0 Å². The van der Waals surface area contributed by atoms with Crippen LogP contribution < -0.4 is 16.0 Å². The van der Waals surface area contributed by atoms with E-state index < -0.39 is 0 Å². The number of halogens is 1. The van der Waals surface area contributed by atoms with Gasteiger partial charge in [-0.15, -0.1) is 0 Å². The molecule has 0 spiro atoms. The van der Waals surface area contributed by atoms with Crippen LogP contribution in [0.3, 0.4) is 0 Å². The second-order valence-electron chi connectivity index (χ2n) is 6.68. The summed E-state index contributed by atoms with van der Waals surface area (Å²) in [6.45, 7) is 2.13. The standard InChI is InChI=1S/C18H26ClN3O/c19-14-9-7-13(8-10-14)18(23)22-17-6-2-1-5-16(17)21-12-15-4-3-11-20-15/h7-10,15-17,20-21H,1-6,11-12H2,(H,22,23)/t15-,16+,17+/m0/s1. The summed E-state index contributed by atoms with van der Waals surface area (Å²) in [5.74, 6) is -0.000594. The lowest BCUT2D eigenvalue weighted by Crippen LogP contribution is -2.53. The van der Waals surface area contributed by atoms with Crippen molar-refractivity contribution in [3.05, 3.63) is 34.9 Å². The smallest absolute Gasteiger partial charge is 0.251 e. The Labute approximate surface area is 143 Å². The summed E-state index contributed by atoms with van der Waals surface area (Å²) in [4.78, 5) is 12.4. The molecule has 4 nitrogen and oxygen atoms in total. The first kappa shape index (κ1) is 16.7. The number of hydrogen-bond donors (Lipinski definition) is 3. The van der Waals surface area contributed by atoms with E-state index >= 15 is 0 Å². The SMILES string of the molecule is O=C(N[C@@H]1CCCC[C@H]1NC[C@@H]1CCCN1)c1ccc(Cl)cc1. The second kappa shape index (κ2) is 8.13. The molecule has 1 saturated heterocycles. The summed E-state index contributed by atoms with van der Waals surface area (Å²) in [5.41, 5.74) is 0.677. The first-order chi connectivity index (χ1) is 11.2. The molecule has 0 aromatic heterocycles. The molecule has 1 heterocycles. The van der Waals surface area contributed by atoms with Gasteiger partial charge in [-0.1, -0.05) is 24.4 Å². The molecule has 0 radical (unpaired) electrons. The highest BCUT2D eigenvalue weighted by Gasteiger charge is 2.27. The maximum atomic E-state index is 12.4. The normalized spacial score (nSPS) is 27.8. The Kier molecular flexibility index (Phi) is 5.92. The predicted octanol–water partition coefficient (Wildman–Crippen LogP) is 2.72. The van der Waals surface area contributed by atoms with Crippen molar-refractivity contribution >= 4 is 17.5 Å². The molecule has 2 aliphatic rings. The van der Waals surface area contributed by atoms with Crippen molar-refractivity contribution in [1.29, 1.82) is 0 Å². The minimum absolute atomic E-state index is 0.000594. The lowest BCUT2D eigenvalue weighted by atomic mass is 9.89. The quantitative estimate of drug-likeness (QED) is 0.775. The third-order valence-electron chi connectivity index (χ3n) is 4.98. The van der Waals surface area contributed by atoms with Gasteiger partial charge in [-0.2, -0.15) is 0 Å². The number of rotatable bonds is 5. The molecule has 3 atom stereocenters. The summed E-state index contributed by atoms with van der Waals surface area (Å²) in [6, 6.07) is 8.27. The highest BCUT2D eigenvalue weighted by Crippen LogP contribution is 2.20. The Morgan fingerprint density at radius 1 is 1.09 bits per heavy atom. The molecule has 1 saturated carbocycles. The van der Waals surface area contributed by atoms with Gasteiger partial charge in [0, 0.05) is 35.3 Å². The van der Waals surface area contributed by atoms with Gasteiger partial charge in [-0.3, -0.25) is 4.79 Å². The van der Waals surface area contributed by atoms with E-state index in [-0.39, 0.29) is 11.9 Å². The van der Waals surface area contributed by atoms with E-state index in [0.29, 0.717) is 22.7 Å². The Morgan fingerprint density at radius 2 is 1.83 bits per heavy atom. The van der Waals surface area contributed by atoms with Crippen molar-refractivity contribution in [3.63, 3.8) is 0 Å². The lowest BCUT2D eigenvalue weighted by Gasteiger charge is -2.33. The Bertz CT molecular complexity index is 514. The lowest BCUT2D eigenvalue weighted by molar-refractivity contribution is 0.0915. The Hall–Kier alpha value is -1.10. The van der Waals surface area contributed by atoms with Gasteiger partial charge in [0.05, 0.1) is 0 Å². The van der Waals surface area contributed by atoms with Crippen LogP contribution >= 0.6 is 11.6 Å². The molecule has 3 rings (SSSR count). The third-order valence-corrected chi connectivity index (χ3v) is 5.23. The summed E-state index contributed by atoms with van der Waals surface area (Å²) < 4.78 is 0. The van der Waals surface area contributed by atoms with Gasteiger partial charge in [-0.05, 0) is 56.5 Å². The van der Waals surface area contributed by atoms with Gasteiger partial charge < -0.3 is 16.0 Å². The van der Waals surface area contributed by atoms with Gasteiger partial charge in [-0.25, -0.2) is 0 Å². The van der Waals surface area contributed by atoms with E-state index in [1.165, 1.54) is 25.7 Å². The van der Waals surface area contributed by atoms with Crippen LogP contribution in [0.4, 0.5) is 0 Å². The van der Waals surface area contributed by atoms with Gasteiger partial charge >= 0.3 is 0 Å². The van der Waals surface area contributed by atoms with E-state index in [0.717, 1.165) is 25.9 Å². The van der Waals surface area contributed by atoms with Crippen LogP contribution in [0.2, 0.25) is 5.02 Å². The largest absolute Gasteiger partial charge is 0.348 e. The molecule has 1 aliphatic heterocycles. The summed E-state index contributed by atoms with van der Waals surface area (Å²) in [6.07, 6.45) is 7.14. The molecular weight excluding hydrogens is 310 g/mol. The summed E-state index contributed by atoms with van der Waals surface area (Å²) in [5, 5.41) is 11.1. The molecular formula is C18H26ClN3O. The van der Waals surface area contributed by atoms with Crippen LogP contribution in [-0.4, -0.2) is 37.1 Å². The molecule has 1 amide bonds. The molecule has 23 heavy (non-hydrogen) atoms. The van der Waals surface area contributed by atoms with Crippen molar-refractivity contribution in [2.75, 3.05) is 13.1 Å². The Balaban J connectivity index is 1.54. The number of benzene rings is 1. The number of carbonyl (C=O) groups is 1. The van der Waals surface area contributed by atoms with Crippen LogP contribution in [0.5, 0.6) is 0 Å². The molecule has 2 fully saturated rings. The number of carbonyl (C=O) groups excluding carboxylic acids is 1. The fourth-order valence-corrected chi connectivity index (χ4v) is 3.75. The zero-order valence-corrected chi connectivity index (χ0v) is 14.2. The first-order valence-corrected chi connectivity index (χ1v) is 9.13. The molecule has 3 N–H and O–H groups in total. The zero-order valence-electron chi connectivity index (χ0n) is 13.5. The van der Waals surface area contributed by atoms with Crippen molar-refractivity contribution in [3.8, 4) is 0 Å². The molecule has 1 aromatic carbocycles. The van der Waals surface area contributed by atoms with Gasteiger partial charge in [0.25, 0.3) is 5.91 Å². The molecule has 5 heteroatoms. The van der Waals surface area contributed by atoms with E-state index in [4.69, 9.17) is 11.6 Å². The summed E-state index contributed by atoms with van der Waals surface area (Å²) in [7, 11) is 0. The van der Waals surface area contributed by atoms with E-state index in [2.05, 4.69) is 16.0 Å². The fraction of sp³-hybridized carbons (Fsp3) is 0.611. The molecule has 1 aromatic rings. The van der Waals surface area contributed by atoms with Crippen LogP contribution in [0.15, 0.2) is 24.3 Å². The minimum Gasteiger partial charge on any atom is -0.348 e. The zero-order chi connectivity index (χ0) is 16.1.